The molecule has 182 valence electrons. The molecule has 0 atom stereocenters. The summed E-state index contributed by atoms with van der Waals surface area (Å²) in [6.07, 6.45) is 6.27. The first-order valence-electron chi connectivity index (χ1n) is 11.2. The van der Waals surface area contributed by atoms with Crippen LogP contribution in [0.1, 0.15) is 18.1 Å². The lowest BCUT2D eigenvalue weighted by Gasteiger charge is -2.19. The maximum Gasteiger partial charge on any atom is 0.243 e. The smallest absolute Gasteiger partial charge is 0.243 e. The van der Waals surface area contributed by atoms with Crippen LogP contribution >= 0.6 is 0 Å². The van der Waals surface area contributed by atoms with Gasteiger partial charge in [-0.3, -0.25) is 0 Å². The van der Waals surface area contributed by atoms with E-state index in [1.165, 1.54) is 4.31 Å². The van der Waals surface area contributed by atoms with Gasteiger partial charge in [-0.05, 0) is 53.9 Å². The second-order valence-corrected chi connectivity index (χ2v) is 10.3. The van der Waals surface area contributed by atoms with Gasteiger partial charge in [0.25, 0.3) is 0 Å². The standard InChI is InChI=1S/C26H29N5O3S/c1-5-19-8-13-26(27-15-19)29-24-12-11-22(14-23(24)25-17-30(2)18-28-25)35(32,33)31(3)16-20-6-9-21(34-4)10-7-20/h6-15,17-18H,5,16H2,1-4H3,(H,27,29). The number of anilines is 2. The van der Waals surface area contributed by atoms with Crippen molar-refractivity contribution in [3.63, 3.8) is 0 Å². The normalized spacial score (nSPS) is 11.6. The van der Waals surface area contributed by atoms with Gasteiger partial charge in [0, 0.05) is 44.3 Å². The minimum Gasteiger partial charge on any atom is -0.497 e. The maximum absolute atomic E-state index is 13.4. The third-order valence-electron chi connectivity index (χ3n) is 5.74. The van der Waals surface area contributed by atoms with E-state index in [2.05, 4.69) is 22.2 Å². The van der Waals surface area contributed by atoms with Gasteiger partial charge in [-0.2, -0.15) is 4.31 Å². The van der Waals surface area contributed by atoms with Gasteiger partial charge in [0.1, 0.15) is 11.6 Å². The molecule has 0 saturated heterocycles. The molecular weight excluding hydrogens is 462 g/mol. The van der Waals surface area contributed by atoms with E-state index < -0.39 is 10.0 Å². The highest BCUT2D eigenvalue weighted by Gasteiger charge is 2.23. The third kappa shape index (κ3) is 5.52. The number of benzene rings is 2. The van der Waals surface area contributed by atoms with Crippen LogP contribution in [0.25, 0.3) is 11.3 Å². The monoisotopic (exact) mass is 491 g/mol. The summed E-state index contributed by atoms with van der Waals surface area (Å²) >= 11 is 0. The summed E-state index contributed by atoms with van der Waals surface area (Å²) in [4.78, 5) is 9.11. The van der Waals surface area contributed by atoms with Gasteiger partial charge in [-0.1, -0.05) is 25.1 Å². The number of imidazole rings is 1. The van der Waals surface area contributed by atoms with Crippen molar-refractivity contribution in [2.45, 2.75) is 24.8 Å². The number of nitrogens with zero attached hydrogens (tertiary/aromatic N) is 4. The predicted octanol–water partition coefficient (Wildman–Crippen LogP) is 4.62. The Hall–Kier alpha value is -3.69. The molecular formula is C26H29N5O3S. The van der Waals surface area contributed by atoms with Gasteiger partial charge >= 0.3 is 0 Å². The van der Waals surface area contributed by atoms with Crippen LogP contribution in [0.15, 0.2) is 78.2 Å². The highest BCUT2D eigenvalue weighted by atomic mass is 32.2. The molecule has 0 radical (unpaired) electrons. The Morgan fingerprint density at radius 3 is 2.37 bits per heavy atom. The van der Waals surface area contributed by atoms with E-state index in [0.29, 0.717) is 17.1 Å². The maximum atomic E-state index is 13.4. The number of hydrogen-bond acceptors (Lipinski definition) is 6. The Bertz CT molecular complexity index is 1400. The molecule has 9 heteroatoms. The number of sulfonamides is 1. The topological polar surface area (TPSA) is 89.4 Å². The zero-order valence-electron chi connectivity index (χ0n) is 20.3. The first-order valence-corrected chi connectivity index (χ1v) is 12.7. The zero-order chi connectivity index (χ0) is 25.0. The lowest BCUT2D eigenvalue weighted by Crippen LogP contribution is -2.26. The molecule has 2 aromatic carbocycles. The molecule has 0 amide bonds. The van der Waals surface area contributed by atoms with Crippen molar-refractivity contribution in [2.24, 2.45) is 7.05 Å². The molecule has 0 saturated carbocycles. The quantitative estimate of drug-likeness (QED) is 0.368. The van der Waals surface area contributed by atoms with Crippen molar-refractivity contribution in [1.29, 1.82) is 0 Å². The minimum absolute atomic E-state index is 0.189. The lowest BCUT2D eigenvalue weighted by molar-refractivity contribution is 0.414. The first kappa shape index (κ1) is 24.4. The summed E-state index contributed by atoms with van der Waals surface area (Å²) in [6.45, 7) is 2.31. The van der Waals surface area contributed by atoms with Crippen LogP contribution in [-0.4, -0.2) is 41.4 Å². The number of rotatable bonds is 9. The minimum atomic E-state index is -3.75. The second-order valence-electron chi connectivity index (χ2n) is 8.27. The van der Waals surface area contributed by atoms with Crippen LogP contribution in [0.3, 0.4) is 0 Å². The number of aryl methyl sites for hydroxylation is 2. The number of aromatic nitrogens is 3. The molecule has 2 heterocycles. The number of nitrogens with one attached hydrogen (secondary N) is 1. The summed E-state index contributed by atoms with van der Waals surface area (Å²) in [6, 6.07) is 16.3. The fraction of sp³-hybridized carbons (Fsp3) is 0.231. The Morgan fingerprint density at radius 1 is 1.03 bits per heavy atom. The van der Waals surface area contributed by atoms with E-state index >= 15 is 0 Å². The van der Waals surface area contributed by atoms with Crippen LogP contribution in [0.2, 0.25) is 0 Å². The first-order chi connectivity index (χ1) is 16.8. The van der Waals surface area contributed by atoms with E-state index in [-0.39, 0.29) is 11.4 Å². The highest BCUT2D eigenvalue weighted by Crippen LogP contribution is 2.32. The Morgan fingerprint density at radius 2 is 1.77 bits per heavy atom. The summed E-state index contributed by atoms with van der Waals surface area (Å²) in [5.41, 5.74) is 4.06. The fourth-order valence-corrected chi connectivity index (χ4v) is 4.84. The molecule has 0 spiro atoms. The Balaban J connectivity index is 1.66. The molecule has 35 heavy (non-hydrogen) atoms. The van der Waals surface area contributed by atoms with Crippen LogP contribution < -0.4 is 10.1 Å². The molecule has 0 aliphatic heterocycles. The van der Waals surface area contributed by atoms with Crippen LogP contribution in [0.5, 0.6) is 5.75 Å². The van der Waals surface area contributed by atoms with Gasteiger partial charge in [0.2, 0.25) is 10.0 Å². The third-order valence-corrected chi connectivity index (χ3v) is 7.54. The molecule has 0 bridgehead atoms. The molecule has 2 aromatic heterocycles. The van der Waals surface area contributed by atoms with E-state index in [4.69, 9.17) is 4.74 Å². The van der Waals surface area contributed by atoms with Crippen molar-refractivity contribution in [2.75, 3.05) is 19.5 Å². The number of ether oxygens (including phenoxy) is 1. The Labute approximate surface area is 206 Å². The van der Waals surface area contributed by atoms with Gasteiger partial charge in [-0.25, -0.2) is 18.4 Å². The zero-order valence-corrected chi connectivity index (χ0v) is 21.1. The fourth-order valence-electron chi connectivity index (χ4n) is 3.66. The molecule has 0 unspecified atom stereocenters. The number of hydrogen-bond donors (Lipinski definition) is 1. The largest absolute Gasteiger partial charge is 0.497 e. The van der Waals surface area contributed by atoms with Crippen molar-refractivity contribution in [3.05, 3.63) is 84.4 Å². The number of methoxy groups -OCH3 is 1. The van der Waals surface area contributed by atoms with Gasteiger partial charge < -0.3 is 14.6 Å². The van der Waals surface area contributed by atoms with E-state index in [1.807, 2.05) is 60.4 Å². The average molecular weight is 492 g/mol. The van der Waals surface area contributed by atoms with Crippen molar-refractivity contribution in [1.82, 2.24) is 18.8 Å². The predicted molar refractivity (Wildman–Crippen MR) is 137 cm³/mol. The number of pyridine rings is 1. The van der Waals surface area contributed by atoms with E-state index in [0.717, 1.165) is 29.0 Å². The summed E-state index contributed by atoms with van der Waals surface area (Å²) in [5, 5.41) is 3.31. The average Bonchev–Trinajstić information content (AvgIpc) is 3.31. The van der Waals surface area contributed by atoms with E-state index in [9.17, 15) is 8.42 Å². The molecule has 1 N–H and O–H groups in total. The molecule has 0 fully saturated rings. The summed E-state index contributed by atoms with van der Waals surface area (Å²) in [7, 11) is 1.29. The lowest BCUT2D eigenvalue weighted by atomic mass is 10.1. The molecule has 4 rings (SSSR count). The van der Waals surface area contributed by atoms with Crippen molar-refractivity contribution >= 4 is 21.5 Å². The molecule has 0 aliphatic carbocycles. The summed E-state index contributed by atoms with van der Waals surface area (Å²) in [5.74, 6) is 1.40. The highest BCUT2D eigenvalue weighted by molar-refractivity contribution is 7.89. The van der Waals surface area contributed by atoms with Crippen molar-refractivity contribution in [3.8, 4) is 17.0 Å². The van der Waals surface area contributed by atoms with Crippen molar-refractivity contribution < 1.29 is 13.2 Å². The van der Waals surface area contributed by atoms with Gasteiger partial charge in [0.05, 0.1) is 24.0 Å². The Kier molecular flexibility index (Phi) is 7.18. The van der Waals surface area contributed by atoms with Gasteiger partial charge in [-0.15, -0.1) is 0 Å². The summed E-state index contributed by atoms with van der Waals surface area (Å²) < 4.78 is 35.2. The molecule has 8 nitrogen and oxygen atoms in total. The molecule has 4 aromatic rings. The van der Waals surface area contributed by atoms with Crippen LogP contribution in [0, 0.1) is 0 Å². The molecule has 0 aliphatic rings. The SMILES string of the molecule is CCc1ccc(Nc2ccc(S(=O)(=O)N(C)Cc3ccc(OC)cc3)cc2-c2cn(C)cn2)nc1. The van der Waals surface area contributed by atoms with Crippen LogP contribution in [-0.2, 0) is 30.0 Å². The second kappa shape index (κ2) is 10.3. The van der Waals surface area contributed by atoms with Gasteiger partial charge in [0.15, 0.2) is 0 Å². The van der Waals surface area contributed by atoms with Crippen LogP contribution in [0.4, 0.5) is 11.5 Å². The van der Waals surface area contributed by atoms with E-state index in [1.54, 1.807) is 38.7 Å².